The van der Waals surface area contributed by atoms with Crippen LogP contribution >= 0.6 is 11.3 Å². The lowest BCUT2D eigenvalue weighted by molar-refractivity contribution is 0.796. The van der Waals surface area contributed by atoms with Gasteiger partial charge >= 0.3 is 0 Å². The predicted octanol–water partition coefficient (Wildman–Crippen LogP) is 3.38. The van der Waals surface area contributed by atoms with Gasteiger partial charge in [-0.1, -0.05) is 13.8 Å². The lowest BCUT2D eigenvalue weighted by atomic mass is 10.2. The lowest BCUT2D eigenvalue weighted by Gasteiger charge is -2.09. The van der Waals surface area contributed by atoms with Gasteiger partial charge in [-0.3, -0.25) is 0 Å². The number of rotatable bonds is 6. The number of imidazole rings is 1. The fourth-order valence-corrected chi connectivity index (χ4v) is 2.79. The first-order valence-corrected chi connectivity index (χ1v) is 7.03. The monoisotopic (exact) mass is 249 g/mol. The van der Waals surface area contributed by atoms with E-state index in [1.54, 1.807) is 0 Å². The van der Waals surface area contributed by atoms with Crippen molar-refractivity contribution < 1.29 is 0 Å². The van der Waals surface area contributed by atoms with Gasteiger partial charge in [-0.15, -0.1) is 11.3 Å². The summed E-state index contributed by atoms with van der Waals surface area (Å²) >= 11 is 1.83. The molecule has 2 heterocycles. The lowest BCUT2D eigenvalue weighted by Crippen LogP contribution is -2.08. The van der Waals surface area contributed by atoms with Crippen molar-refractivity contribution in [3.05, 3.63) is 34.3 Å². The summed E-state index contributed by atoms with van der Waals surface area (Å²) in [5.74, 6) is 0.974. The average molecular weight is 249 g/mol. The van der Waals surface area contributed by atoms with Gasteiger partial charge in [-0.2, -0.15) is 0 Å². The molecule has 0 aliphatic rings. The SMILES string of the molecule is CCCNc1nccn1Cc1sccc1CC. The van der Waals surface area contributed by atoms with Crippen LogP contribution in [0.15, 0.2) is 23.8 Å². The van der Waals surface area contributed by atoms with Gasteiger partial charge in [0, 0.05) is 23.8 Å². The zero-order valence-corrected chi connectivity index (χ0v) is 11.3. The highest BCUT2D eigenvalue weighted by atomic mass is 32.1. The molecular weight excluding hydrogens is 230 g/mol. The second kappa shape index (κ2) is 5.87. The van der Waals surface area contributed by atoms with Crippen molar-refractivity contribution in [2.75, 3.05) is 11.9 Å². The molecule has 0 aliphatic heterocycles. The second-order valence-electron chi connectivity index (χ2n) is 4.03. The van der Waals surface area contributed by atoms with E-state index in [9.17, 15) is 0 Å². The molecule has 0 atom stereocenters. The highest BCUT2D eigenvalue weighted by Gasteiger charge is 2.06. The molecule has 0 fully saturated rings. The molecule has 3 nitrogen and oxygen atoms in total. The van der Waals surface area contributed by atoms with Gasteiger partial charge in [-0.25, -0.2) is 4.98 Å². The van der Waals surface area contributed by atoms with Crippen LogP contribution in [0, 0.1) is 0 Å². The van der Waals surface area contributed by atoms with Crippen LogP contribution < -0.4 is 5.32 Å². The quantitative estimate of drug-likeness (QED) is 0.850. The normalized spacial score (nSPS) is 10.7. The Bertz CT molecular complexity index is 459. The van der Waals surface area contributed by atoms with Crippen LogP contribution in [0.5, 0.6) is 0 Å². The predicted molar refractivity (Wildman–Crippen MR) is 73.8 cm³/mol. The maximum Gasteiger partial charge on any atom is 0.203 e. The minimum absolute atomic E-state index is 0.923. The van der Waals surface area contributed by atoms with Crippen molar-refractivity contribution in [1.82, 2.24) is 9.55 Å². The smallest absolute Gasteiger partial charge is 0.203 e. The second-order valence-corrected chi connectivity index (χ2v) is 5.03. The van der Waals surface area contributed by atoms with Crippen LogP contribution in [0.2, 0.25) is 0 Å². The first kappa shape index (κ1) is 12.2. The number of aryl methyl sites for hydroxylation is 1. The van der Waals surface area contributed by atoms with E-state index in [2.05, 4.69) is 40.2 Å². The molecule has 0 saturated heterocycles. The van der Waals surface area contributed by atoms with Crippen molar-refractivity contribution in [2.24, 2.45) is 0 Å². The molecule has 0 spiro atoms. The Labute approximate surface area is 107 Å². The van der Waals surface area contributed by atoms with Crippen molar-refractivity contribution in [2.45, 2.75) is 33.2 Å². The van der Waals surface area contributed by atoms with Crippen LogP contribution in [0.3, 0.4) is 0 Å². The van der Waals surface area contributed by atoms with Gasteiger partial charge in [-0.05, 0) is 29.9 Å². The fraction of sp³-hybridized carbons (Fsp3) is 0.462. The molecule has 4 heteroatoms. The molecule has 0 saturated carbocycles. The minimum atomic E-state index is 0.923. The Kier molecular flexibility index (Phi) is 4.20. The number of thiophene rings is 1. The van der Waals surface area contributed by atoms with Crippen molar-refractivity contribution >= 4 is 17.3 Å². The van der Waals surface area contributed by atoms with E-state index >= 15 is 0 Å². The first-order chi connectivity index (χ1) is 8.35. The average Bonchev–Trinajstić information content (AvgIpc) is 2.96. The van der Waals surface area contributed by atoms with Crippen LogP contribution in [0.1, 0.15) is 30.7 Å². The molecule has 0 bridgehead atoms. The molecule has 2 rings (SSSR count). The molecule has 0 unspecified atom stereocenters. The summed E-state index contributed by atoms with van der Waals surface area (Å²) in [6.45, 7) is 6.26. The van der Waals surface area contributed by atoms with Crippen LogP contribution in [0.25, 0.3) is 0 Å². The molecule has 0 aliphatic carbocycles. The van der Waals surface area contributed by atoms with Gasteiger partial charge in [0.1, 0.15) is 0 Å². The number of aromatic nitrogens is 2. The molecule has 0 radical (unpaired) electrons. The Balaban J connectivity index is 2.10. The minimum Gasteiger partial charge on any atom is -0.356 e. The Morgan fingerprint density at radius 2 is 2.29 bits per heavy atom. The summed E-state index contributed by atoms with van der Waals surface area (Å²) in [5.41, 5.74) is 1.45. The summed E-state index contributed by atoms with van der Waals surface area (Å²) in [4.78, 5) is 5.78. The van der Waals surface area contributed by atoms with Crippen molar-refractivity contribution in [3.63, 3.8) is 0 Å². The maximum absolute atomic E-state index is 4.35. The van der Waals surface area contributed by atoms with Gasteiger partial charge in [0.2, 0.25) is 5.95 Å². The van der Waals surface area contributed by atoms with Crippen LogP contribution in [-0.2, 0) is 13.0 Å². The molecular formula is C13H19N3S. The molecule has 1 N–H and O–H groups in total. The largest absolute Gasteiger partial charge is 0.356 e. The maximum atomic E-state index is 4.35. The zero-order chi connectivity index (χ0) is 12.1. The van der Waals surface area contributed by atoms with Gasteiger partial charge < -0.3 is 9.88 Å². The summed E-state index contributed by atoms with van der Waals surface area (Å²) in [6, 6.07) is 2.22. The number of nitrogens with one attached hydrogen (secondary N) is 1. The molecule has 0 amide bonds. The molecule has 17 heavy (non-hydrogen) atoms. The first-order valence-electron chi connectivity index (χ1n) is 6.15. The highest BCUT2D eigenvalue weighted by molar-refractivity contribution is 7.10. The van der Waals surface area contributed by atoms with E-state index in [1.807, 2.05) is 23.7 Å². The van der Waals surface area contributed by atoms with Crippen LogP contribution in [0.4, 0.5) is 5.95 Å². The topological polar surface area (TPSA) is 29.9 Å². The third-order valence-electron chi connectivity index (χ3n) is 2.78. The standard InChI is InChI=1S/C13H19N3S/c1-3-6-14-13-15-7-8-16(13)10-12-11(4-2)5-9-17-12/h5,7-9H,3-4,6,10H2,1-2H3,(H,14,15). The van der Waals surface area contributed by atoms with Gasteiger partial charge in [0.15, 0.2) is 0 Å². The molecule has 92 valence electrons. The van der Waals surface area contributed by atoms with E-state index < -0.39 is 0 Å². The van der Waals surface area contributed by atoms with E-state index in [0.29, 0.717) is 0 Å². The van der Waals surface area contributed by atoms with Gasteiger partial charge in [0.25, 0.3) is 0 Å². The Morgan fingerprint density at radius 1 is 1.41 bits per heavy atom. The summed E-state index contributed by atoms with van der Waals surface area (Å²) in [5, 5.41) is 5.52. The van der Waals surface area contributed by atoms with Crippen molar-refractivity contribution in [3.8, 4) is 0 Å². The van der Waals surface area contributed by atoms with Crippen LogP contribution in [-0.4, -0.2) is 16.1 Å². The third kappa shape index (κ3) is 2.88. The molecule has 2 aromatic rings. The summed E-state index contributed by atoms with van der Waals surface area (Å²) in [7, 11) is 0. The number of hydrogen-bond acceptors (Lipinski definition) is 3. The van der Waals surface area contributed by atoms with Crippen molar-refractivity contribution in [1.29, 1.82) is 0 Å². The number of anilines is 1. The number of hydrogen-bond donors (Lipinski definition) is 1. The molecule has 2 aromatic heterocycles. The third-order valence-corrected chi connectivity index (χ3v) is 3.73. The zero-order valence-electron chi connectivity index (χ0n) is 10.4. The molecule has 0 aromatic carbocycles. The van der Waals surface area contributed by atoms with E-state index in [4.69, 9.17) is 0 Å². The number of nitrogens with zero attached hydrogens (tertiary/aromatic N) is 2. The summed E-state index contributed by atoms with van der Waals surface area (Å²) < 4.78 is 2.18. The Hall–Kier alpha value is -1.29. The van der Waals surface area contributed by atoms with E-state index in [0.717, 1.165) is 31.9 Å². The van der Waals surface area contributed by atoms with E-state index in [-0.39, 0.29) is 0 Å². The van der Waals surface area contributed by atoms with Gasteiger partial charge in [0.05, 0.1) is 6.54 Å². The fourth-order valence-electron chi connectivity index (χ4n) is 1.82. The highest BCUT2D eigenvalue weighted by Crippen LogP contribution is 2.20. The Morgan fingerprint density at radius 3 is 3.06 bits per heavy atom. The summed E-state index contributed by atoms with van der Waals surface area (Å²) in [6.07, 6.45) is 6.12. The van der Waals surface area contributed by atoms with E-state index in [1.165, 1.54) is 10.4 Å².